The van der Waals surface area contributed by atoms with Gasteiger partial charge in [-0.15, -0.1) is 0 Å². The number of rotatable bonds is 6. The highest BCUT2D eigenvalue weighted by Crippen LogP contribution is 2.21. The lowest BCUT2D eigenvalue weighted by atomic mass is 10.2. The molecule has 1 aliphatic rings. The largest absolute Gasteiger partial charge is 0.356 e. The van der Waals surface area contributed by atoms with E-state index in [1.807, 2.05) is 19.2 Å². The molecule has 1 aromatic carbocycles. The summed E-state index contributed by atoms with van der Waals surface area (Å²) in [6.45, 7) is 5.88. The van der Waals surface area contributed by atoms with E-state index in [4.69, 9.17) is 0 Å². The Morgan fingerprint density at radius 2 is 1.84 bits per heavy atom. The van der Waals surface area contributed by atoms with Gasteiger partial charge < -0.3 is 15.5 Å². The van der Waals surface area contributed by atoms with Crippen LogP contribution < -0.4 is 10.6 Å². The summed E-state index contributed by atoms with van der Waals surface area (Å²) in [5, 5.41) is 6.38. The average Bonchev–Trinajstić information content (AvgIpc) is 2.62. The first-order valence-electron chi connectivity index (χ1n) is 8.70. The molecule has 0 unspecified atom stereocenters. The first-order valence-corrected chi connectivity index (χ1v) is 10.1. The third kappa shape index (κ3) is 5.17. The van der Waals surface area contributed by atoms with E-state index in [-0.39, 0.29) is 0 Å². The second-order valence-corrected chi connectivity index (χ2v) is 8.07. The van der Waals surface area contributed by atoms with Crippen LogP contribution in [0.2, 0.25) is 0 Å². The Kier molecular flexibility index (Phi) is 7.22. The summed E-state index contributed by atoms with van der Waals surface area (Å²) in [4.78, 5) is 6.67. The summed E-state index contributed by atoms with van der Waals surface area (Å²) < 4.78 is 27.6. The van der Waals surface area contributed by atoms with Crippen LogP contribution in [0.15, 0.2) is 34.2 Å². The molecule has 1 saturated heterocycles. The smallest absolute Gasteiger partial charge is 0.243 e. The van der Waals surface area contributed by atoms with E-state index in [0.717, 1.165) is 31.6 Å². The number of sulfonamides is 1. The van der Waals surface area contributed by atoms with Crippen molar-refractivity contribution in [3.05, 3.63) is 29.8 Å². The standard InChI is InChI=1S/C17H29N5O2S/c1-4-9-19-17(18-2)20-14-15-7-5-6-8-16(15)25(23,24)22-12-10-21(3)11-13-22/h5-8H,4,9-14H2,1-3H3,(H2,18,19,20). The lowest BCUT2D eigenvalue weighted by molar-refractivity contribution is 0.222. The predicted octanol–water partition coefficient (Wildman–Crippen LogP) is 0.698. The molecule has 0 spiro atoms. The minimum absolute atomic E-state index is 0.373. The number of benzene rings is 1. The van der Waals surface area contributed by atoms with Crippen LogP contribution in [0, 0.1) is 0 Å². The van der Waals surface area contributed by atoms with Crippen LogP contribution in [0.4, 0.5) is 0 Å². The number of hydrogen-bond acceptors (Lipinski definition) is 4. The maximum Gasteiger partial charge on any atom is 0.243 e. The molecule has 0 bridgehead atoms. The molecule has 0 aliphatic carbocycles. The second kappa shape index (κ2) is 9.17. The molecular formula is C17H29N5O2S. The fraction of sp³-hybridized carbons (Fsp3) is 0.588. The van der Waals surface area contributed by atoms with Crippen LogP contribution in [0.5, 0.6) is 0 Å². The van der Waals surface area contributed by atoms with E-state index < -0.39 is 10.0 Å². The van der Waals surface area contributed by atoms with E-state index in [1.54, 1.807) is 23.5 Å². The first kappa shape index (κ1) is 19.7. The number of aliphatic imine (C=N–C) groups is 1. The Hall–Kier alpha value is -1.64. The molecule has 140 valence electrons. The maximum absolute atomic E-state index is 13.0. The van der Waals surface area contributed by atoms with Gasteiger partial charge in [0.25, 0.3) is 0 Å². The molecule has 7 nitrogen and oxygen atoms in total. The van der Waals surface area contributed by atoms with Gasteiger partial charge in [0.1, 0.15) is 0 Å². The molecule has 0 aromatic heterocycles. The van der Waals surface area contributed by atoms with Gasteiger partial charge in [-0.1, -0.05) is 25.1 Å². The molecule has 2 N–H and O–H groups in total. The van der Waals surface area contributed by atoms with E-state index in [0.29, 0.717) is 30.5 Å². The topological polar surface area (TPSA) is 77.0 Å². The lowest BCUT2D eigenvalue weighted by Crippen LogP contribution is -2.47. The zero-order valence-corrected chi connectivity index (χ0v) is 16.1. The number of guanidine groups is 1. The van der Waals surface area contributed by atoms with Gasteiger partial charge in [0.05, 0.1) is 4.90 Å². The Labute approximate surface area is 151 Å². The highest BCUT2D eigenvalue weighted by atomic mass is 32.2. The minimum Gasteiger partial charge on any atom is -0.356 e. The lowest BCUT2D eigenvalue weighted by Gasteiger charge is -2.32. The van der Waals surface area contributed by atoms with Crippen molar-refractivity contribution < 1.29 is 8.42 Å². The Morgan fingerprint density at radius 3 is 2.48 bits per heavy atom. The van der Waals surface area contributed by atoms with Gasteiger partial charge in [-0.25, -0.2) is 8.42 Å². The molecule has 1 heterocycles. The summed E-state index contributed by atoms with van der Waals surface area (Å²) in [5.41, 5.74) is 0.751. The molecule has 0 saturated carbocycles. The van der Waals surface area contributed by atoms with Crippen molar-refractivity contribution in [2.45, 2.75) is 24.8 Å². The van der Waals surface area contributed by atoms with E-state index in [9.17, 15) is 8.42 Å². The van der Waals surface area contributed by atoms with Gasteiger partial charge >= 0.3 is 0 Å². The van der Waals surface area contributed by atoms with E-state index >= 15 is 0 Å². The number of nitrogens with one attached hydrogen (secondary N) is 2. The van der Waals surface area contributed by atoms with Gasteiger partial charge in [0.2, 0.25) is 10.0 Å². The van der Waals surface area contributed by atoms with Crippen LogP contribution in [0.3, 0.4) is 0 Å². The van der Waals surface area contributed by atoms with Crippen LogP contribution in [0.1, 0.15) is 18.9 Å². The quantitative estimate of drug-likeness (QED) is 0.572. The van der Waals surface area contributed by atoms with E-state index in [1.165, 1.54) is 0 Å². The monoisotopic (exact) mass is 367 g/mol. The van der Waals surface area contributed by atoms with Crippen molar-refractivity contribution in [2.75, 3.05) is 46.8 Å². The van der Waals surface area contributed by atoms with Gasteiger partial charge in [-0.3, -0.25) is 4.99 Å². The predicted molar refractivity (Wildman–Crippen MR) is 101 cm³/mol. The zero-order valence-electron chi connectivity index (χ0n) is 15.3. The van der Waals surface area contributed by atoms with E-state index in [2.05, 4.69) is 27.4 Å². The molecule has 0 radical (unpaired) electrons. The Balaban J connectivity index is 2.14. The minimum atomic E-state index is -3.48. The SMILES string of the molecule is CCCNC(=NC)NCc1ccccc1S(=O)(=O)N1CCN(C)CC1. The van der Waals surface area contributed by atoms with Crippen molar-refractivity contribution in [3.63, 3.8) is 0 Å². The molecule has 25 heavy (non-hydrogen) atoms. The average molecular weight is 368 g/mol. The molecule has 0 amide bonds. The number of nitrogens with zero attached hydrogens (tertiary/aromatic N) is 3. The van der Waals surface area contributed by atoms with Gasteiger partial charge in [-0.2, -0.15) is 4.31 Å². The molecule has 0 atom stereocenters. The molecule has 2 rings (SSSR count). The first-order chi connectivity index (χ1) is 12.0. The van der Waals surface area contributed by atoms with Crippen LogP contribution in [-0.2, 0) is 16.6 Å². The number of hydrogen-bond donors (Lipinski definition) is 2. The Morgan fingerprint density at radius 1 is 1.16 bits per heavy atom. The van der Waals surface area contributed by atoms with Crippen LogP contribution in [0.25, 0.3) is 0 Å². The molecule has 1 aliphatic heterocycles. The number of piperazine rings is 1. The van der Waals surface area contributed by atoms with Crippen molar-refractivity contribution in [3.8, 4) is 0 Å². The molecule has 1 aromatic rings. The highest BCUT2D eigenvalue weighted by Gasteiger charge is 2.29. The highest BCUT2D eigenvalue weighted by molar-refractivity contribution is 7.89. The third-order valence-corrected chi connectivity index (χ3v) is 6.26. The van der Waals surface area contributed by atoms with Crippen molar-refractivity contribution in [2.24, 2.45) is 4.99 Å². The Bertz CT molecular complexity index is 682. The summed E-state index contributed by atoms with van der Waals surface area (Å²) in [5.74, 6) is 0.675. The number of likely N-dealkylation sites (N-methyl/N-ethyl adjacent to an activating group) is 1. The summed E-state index contributed by atoms with van der Waals surface area (Å²) in [6, 6.07) is 7.18. The molecule has 1 fully saturated rings. The third-order valence-electron chi connectivity index (χ3n) is 4.27. The second-order valence-electron chi connectivity index (χ2n) is 6.17. The van der Waals surface area contributed by atoms with Gasteiger partial charge in [0.15, 0.2) is 5.96 Å². The fourth-order valence-electron chi connectivity index (χ4n) is 2.71. The summed E-state index contributed by atoms with van der Waals surface area (Å²) >= 11 is 0. The maximum atomic E-state index is 13.0. The summed E-state index contributed by atoms with van der Waals surface area (Å²) in [6.07, 6.45) is 0.995. The normalized spacial score (nSPS) is 17.5. The fourth-order valence-corrected chi connectivity index (χ4v) is 4.36. The zero-order chi connectivity index (χ0) is 18.3. The van der Waals surface area contributed by atoms with Crippen LogP contribution in [-0.4, -0.2) is 70.4 Å². The molecular weight excluding hydrogens is 338 g/mol. The van der Waals surface area contributed by atoms with Crippen LogP contribution >= 0.6 is 0 Å². The summed E-state index contributed by atoms with van der Waals surface area (Å²) in [7, 11) is 0.236. The van der Waals surface area contributed by atoms with Gasteiger partial charge in [0, 0.05) is 46.3 Å². The van der Waals surface area contributed by atoms with Crippen molar-refractivity contribution in [1.82, 2.24) is 19.8 Å². The van der Waals surface area contributed by atoms with Crippen molar-refractivity contribution >= 4 is 16.0 Å². The van der Waals surface area contributed by atoms with Gasteiger partial charge in [-0.05, 0) is 25.1 Å². The molecule has 8 heteroatoms. The van der Waals surface area contributed by atoms with Crippen molar-refractivity contribution in [1.29, 1.82) is 0 Å².